The van der Waals surface area contributed by atoms with Gasteiger partial charge in [-0.25, -0.2) is 4.99 Å². The Bertz CT molecular complexity index is 760. The largest absolute Gasteiger partial charge is 0.492 e. The first kappa shape index (κ1) is 22.3. The summed E-state index contributed by atoms with van der Waals surface area (Å²) in [5.41, 5.74) is 1.71. The Balaban J connectivity index is 1.83. The molecule has 0 heterocycles. The summed E-state index contributed by atoms with van der Waals surface area (Å²) in [7, 11) is 0. The van der Waals surface area contributed by atoms with Crippen molar-refractivity contribution < 1.29 is 9.53 Å². The van der Waals surface area contributed by atoms with Crippen LogP contribution in [0.2, 0.25) is 0 Å². The van der Waals surface area contributed by atoms with Crippen LogP contribution < -0.4 is 20.7 Å². The molecular formula is C23H32N4O2. The van der Waals surface area contributed by atoms with E-state index in [4.69, 9.17) is 4.74 Å². The minimum Gasteiger partial charge on any atom is -0.492 e. The Labute approximate surface area is 173 Å². The summed E-state index contributed by atoms with van der Waals surface area (Å²) in [5.74, 6) is 1.55. The van der Waals surface area contributed by atoms with Gasteiger partial charge in [0.05, 0.1) is 13.1 Å². The van der Waals surface area contributed by atoms with Gasteiger partial charge in [-0.1, -0.05) is 37.3 Å². The monoisotopic (exact) mass is 396 g/mol. The third-order valence-corrected chi connectivity index (χ3v) is 4.38. The first-order valence-electron chi connectivity index (χ1n) is 10.2. The van der Waals surface area contributed by atoms with Crippen molar-refractivity contribution in [1.82, 2.24) is 16.0 Å². The molecule has 1 amide bonds. The summed E-state index contributed by atoms with van der Waals surface area (Å²) in [5, 5.41) is 9.47. The van der Waals surface area contributed by atoms with E-state index in [1.54, 1.807) is 0 Å². The predicted molar refractivity (Wildman–Crippen MR) is 118 cm³/mol. The van der Waals surface area contributed by atoms with E-state index in [9.17, 15) is 4.79 Å². The van der Waals surface area contributed by atoms with Gasteiger partial charge in [0.2, 0.25) is 0 Å². The van der Waals surface area contributed by atoms with Gasteiger partial charge in [-0.2, -0.15) is 0 Å². The van der Waals surface area contributed by atoms with Crippen LogP contribution in [0, 0.1) is 0 Å². The average Bonchev–Trinajstić information content (AvgIpc) is 2.75. The van der Waals surface area contributed by atoms with Crippen LogP contribution in [-0.4, -0.2) is 37.6 Å². The lowest BCUT2D eigenvalue weighted by Crippen LogP contribution is -2.39. The Morgan fingerprint density at radius 3 is 2.41 bits per heavy atom. The van der Waals surface area contributed by atoms with Gasteiger partial charge in [-0.05, 0) is 50.1 Å². The van der Waals surface area contributed by atoms with E-state index >= 15 is 0 Å². The first-order valence-corrected chi connectivity index (χ1v) is 10.2. The molecule has 0 saturated heterocycles. The Hall–Kier alpha value is -3.02. The molecule has 0 bridgehead atoms. The molecule has 0 aromatic heterocycles. The molecule has 2 rings (SSSR count). The molecule has 0 spiro atoms. The summed E-state index contributed by atoms with van der Waals surface area (Å²) in [6.07, 6.45) is 0.912. The van der Waals surface area contributed by atoms with Gasteiger partial charge < -0.3 is 20.7 Å². The van der Waals surface area contributed by atoms with Crippen molar-refractivity contribution in [3.8, 4) is 5.75 Å². The zero-order valence-corrected chi connectivity index (χ0v) is 17.6. The van der Waals surface area contributed by atoms with Crippen LogP contribution in [0.25, 0.3) is 0 Å². The number of aliphatic imine (C=N–C) groups is 1. The number of amides is 1. The molecule has 2 aromatic carbocycles. The van der Waals surface area contributed by atoms with Crippen molar-refractivity contribution in [2.24, 2.45) is 4.99 Å². The molecule has 0 radical (unpaired) electrons. The summed E-state index contributed by atoms with van der Waals surface area (Å²) in [6, 6.07) is 17.5. The number of guanidine groups is 1. The van der Waals surface area contributed by atoms with Crippen LogP contribution in [0.3, 0.4) is 0 Å². The van der Waals surface area contributed by atoms with E-state index in [0.29, 0.717) is 25.3 Å². The van der Waals surface area contributed by atoms with E-state index in [0.717, 1.165) is 30.2 Å². The summed E-state index contributed by atoms with van der Waals surface area (Å²) in [6.45, 7) is 8.59. The van der Waals surface area contributed by atoms with Crippen LogP contribution in [0.1, 0.15) is 43.1 Å². The Morgan fingerprint density at radius 1 is 1.03 bits per heavy atom. The van der Waals surface area contributed by atoms with Crippen molar-refractivity contribution in [3.63, 3.8) is 0 Å². The number of hydrogen-bond donors (Lipinski definition) is 3. The number of para-hydroxylation sites is 1. The maximum absolute atomic E-state index is 12.2. The van der Waals surface area contributed by atoms with Crippen molar-refractivity contribution in [3.05, 3.63) is 65.7 Å². The fraction of sp³-hybridized carbons (Fsp3) is 0.391. The van der Waals surface area contributed by atoms with Gasteiger partial charge >= 0.3 is 0 Å². The Kier molecular flexibility index (Phi) is 9.55. The van der Waals surface area contributed by atoms with E-state index in [1.807, 2.05) is 68.4 Å². The fourth-order valence-electron chi connectivity index (χ4n) is 2.54. The van der Waals surface area contributed by atoms with E-state index in [2.05, 4.69) is 27.9 Å². The summed E-state index contributed by atoms with van der Waals surface area (Å²) < 4.78 is 5.69. The van der Waals surface area contributed by atoms with E-state index in [-0.39, 0.29) is 11.9 Å². The predicted octanol–water partition coefficient (Wildman–Crippen LogP) is 3.35. The van der Waals surface area contributed by atoms with Gasteiger partial charge in [0.15, 0.2) is 5.96 Å². The zero-order valence-electron chi connectivity index (χ0n) is 17.6. The first-order chi connectivity index (χ1) is 14.1. The highest BCUT2D eigenvalue weighted by atomic mass is 16.5. The topological polar surface area (TPSA) is 74.8 Å². The number of nitrogens with one attached hydrogen (secondary N) is 3. The van der Waals surface area contributed by atoms with Crippen molar-refractivity contribution >= 4 is 11.9 Å². The van der Waals surface area contributed by atoms with E-state index < -0.39 is 0 Å². The number of ether oxygens (including phenoxy) is 1. The van der Waals surface area contributed by atoms with Crippen LogP contribution in [0.15, 0.2) is 59.6 Å². The lowest BCUT2D eigenvalue weighted by Gasteiger charge is -2.12. The molecule has 0 saturated carbocycles. The molecule has 0 fully saturated rings. The zero-order chi connectivity index (χ0) is 20.9. The summed E-state index contributed by atoms with van der Waals surface area (Å²) >= 11 is 0. The number of carbonyl (C=O) groups is 1. The minimum absolute atomic E-state index is 0.0391. The van der Waals surface area contributed by atoms with Crippen molar-refractivity contribution in [2.75, 3.05) is 19.7 Å². The molecule has 1 atom stereocenters. The molecule has 6 nitrogen and oxygen atoms in total. The normalized spacial score (nSPS) is 12.2. The van der Waals surface area contributed by atoms with Gasteiger partial charge in [0.25, 0.3) is 5.91 Å². The minimum atomic E-state index is -0.0391. The van der Waals surface area contributed by atoms with Gasteiger partial charge in [-0.3, -0.25) is 4.79 Å². The third kappa shape index (κ3) is 8.25. The van der Waals surface area contributed by atoms with Crippen molar-refractivity contribution in [1.29, 1.82) is 0 Å². The molecule has 29 heavy (non-hydrogen) atoms. The molecular weight excluding hydrogens is 364 g/mol. The molecule has 0 aliphatic heterocycles. The number of carbonyl (C=O) groups excluding carboxylic acids is 1. The average molecular weight is 397 g/mol. The molecule has 1 unspecified atom stereocenters. The molecule has 3 N–H and O–H groups in total. The molecule has 0 aliphatic carbocycles. The highest BCUT2D eigenvalue weighted by Gasteiger charge is 2.08. The number of benzene rings is 2. The van der Waals surface area contributed by atoms with Gasteiger partial charge in [-0.15, -0.1) is 0 Å². The molecule has 0 aliphatic rings. The van der Waals surface area contributed by atoms with Crippen LogP contribution in [0.4, 0.5) is 0 Å². The van der Waals surface area contributed by atoms with Crippen molar-refractivity contribution in [2.45, 2.75) is 39.8 Å². The highest BCUT2D eigenvalue weighted by Crippen LogP contribution is 2.08. The second kappa shape index (κ2) is 12.4. The Morgan fingerprint density at radius 2 is 1.76 bits per heavy atom. The quantitative estimate of drug-likeness (QED) is 0.327. The number of rotatable bonds is 10. The van der Waals surface area contributed by atoms with Crippen LogP contribution in [-0.2, 0) is 6.54 Å². The molecule has 156 valence electrons. The second-order valence-corrected chi connectivity index (χ2v) is 6.76. The molecule has 6 heteroatoms. The van der Waals surface area contributed by atoms with Gasteiger partial charge in [0, 0.05) is 18.2 Å². The fourth-order valence-corrected chi connectivity index (χ4v) is 2.54. The highest BCUT2D eigenvalue weighted by molar-refractivity contribution is 5.94. The maximum atomic E-state index is 12.2. The van der Waals surface area contributed by atoms with Gasteiger partial charge in [0.1, 0.15) is 12.4 Å². The van der Waals surface area contributed by atoms with Crippen LogP contribution in [0.5, 0.6) is 5.75 Å². The standard InChI is InChI=1S/C23H32N4O2/c1-4-18(3)27-22(28)20-13-11-19(12-14-20)17-26-23(24-5-2)25-15-16-29-21-9-7-6-8-10-21/h6-14,18H,4-5,15-17H2,1-3H3,(H,27,28)(H2,24,25,26). The number of nitrogens with zero attached hydrogens (tertiary/aromatic N) is 1. The second-order valence-electron chi connectivity index (χ2n) is 6.76. The number of hydrogen-bond acceptors (Lipinski definition) is 3. The SMILES string of the molecule is CCNC(=NCc1ccc(C(=O)NC(C)CC)cc1)NCCOc1ccccc1. The lowest BCUT2D eigenvalue weighted by atomic mass is 10.1. The lowest BCUT2D eigenvalue weighted by molar-refractivity contribution is 0.0939. The van der Waals surface area contributed by atoms with E-state index in [1.165, 1.54) is 0 Å². The third-order valence-electron chi connectivity index (χ3n) is 4.38. The summed E-state index contributed by atoms with van der Waals surface area (Å²) in [4.78, 5) is 16.8. The smallest absolute Gasteiger partial charge is 0.251 e. The molecule has 2 aromatic rings. The maximum Gasteiger partial charge on any atom is 0.251 e. The van der Waals surface area contributed by atoms with Crippen LogP contribution >= 0.6 is 0 Å².